The van der Waals surface area contributed by atoms with Gasteiger partial charge in [-0.15, -0.1) is 5.11 Å². The first-order valence-corrected chi connectivity index (χ1v) is 8.55. The molecular weight excluding hydrogens is 340 g/mol. The molecule has 0 radical (unpaired) electrons. The molecule has 0 heterocycles. The van der Waals surface area contributed by atoms with Gasteiger partial charge < -0.3 is 5.73 Å². The lowest BCUT2D eigenvalue weighted by Gasteiger charge is -2.09. The fraction of sp³-hybridized carbons (Fsp3) is 0. The van der Waals surface area contributed by atoms with E-state index >= 15 is 0 Å². The van der Waals surface area contributed by atoms with Gasteiger partial charge in [0, 0.05) is 10.8 Å². The van der Waals surface area contributed by atoms with Crippen molar-refractivity contribution in [1.82, 2.24) is 0 Å². The summed E-state index contributed by atoms with van der Waals surface area (Å²) in [5.74, 6) is 0. The monoisotopic (exact) mass is 352 g/mol. The number of nitrogen functional groups attached to an aromatic ring is 1. The van der Waals surface area contributed by atoms with Gasteiger partial charge in [0.1, 0.15) is 10.6 Å². The van der Waals surface area contributed by atoms with Gasteiger partial charge in [0.15, 0.2) is 0 Å². The minimum absolute atomic E-state index is 0.105. The molecule has 0 aromatic heterocycles. The van der Waals surface area contributed by atoms with E-state index in [0.717, 1.165) is 0 Å². The number of benzene rings is 3. The molecule has 0 unspecified atom stereocenters. The Bertz CT molecular complexity index is 1150. The van der Waals surface area contributed by atoms with Crippen LogP contribution in [-0.4, -0.2) is 13.0 Å². The molecule has 25 heavy (non-hydrogen) atoms. The molecule has 8 heteroatoms. The van der Waals surface area contributed by atoms with Crippen molar-refractivity contribution in [1.29, 1.82) is 5.26 Å². The summed E-state index contributed by atoms with van der Waals surface area (Å²) in [5, 5.41) is 17.6. The standard InChI is InChI=1S/C17H12N4O3S/c18-10-11-4-3-5-12(8-11)20-21-15-9-16(25(22,23)24)13-6-1-2-7-14(13)17(15)19/h1-9H,19H2,(H,22,23,24)/b21-20+. The SMILES string of the molecule is N#Cc1cccc(/N=N/c2cc(S(=O)(=O)O)c3ccccc3c2N)c1. The van der Waals surface area contributed by atoms with E-state index in [2.05, 4.69) is 10.2 Å². The fourth-order valence-corrected chi connectivity index (χ4v) is 3.11. The van der Waals surface area contributed by atoms with Crippen LogP contribution in [0.4, 0.5) is 17.1 Å². The highest BCUT2D eigenvalue weighted by Gasteiger charge is 2.18. The van der Waals surface area contributed by atoms with Gasteiger partial charge in [0.2, 0.25) is 0 Å². The number of anilines is 1. The number of fused-ring (bicyclic) bond motifs is 1. The fourth-order valence-electron chi connectivity index (χ4n) is 2.40. The van der Waals surface area contributed by atoms with E-state index in [9.17, 15) is 13.0 Å². The lowest BCUT2D eigenvalue weighted by Crippen LogP contribution is -2.01. The highest BCUT2D eigenvalue weighted by atomic mass is 32.2. The van der Waals surface area contributed by atoms with E-state index < -0.39 is 10.1 Å². The van der Waals surface area contributed by atoms with Crippen LogP contribution in [0.15, 0.2) is 69.7 Å². The van der Waals surface area contributed by atoms with Crippen LogP contribution in [0.5, 0.6) is 0 Å². The van der Waals surface area contributed by atoms with Crippen LogP contribution in [0.25, 0.3) is 10.8 Å². The summed E-state index contributed by atoms with van der Waals surface area (Å²) in [6.45, 7) is 0. The van der Waals surface area contributed by atoms with E-state index in [4.69, 9.17) is 11.0 Å². The lowest BCUT2D eigenvalue weighted by atomic mass is 10.1. The van der Waals surface area contributed by atoms with Gasteiger partial charge in [-0.1, -0.05) is 30.3 Å². The van der Waals surface area contributed by atoms with Gasteiger partial charge in [0.25, 0.3) is 10.1 Å². The van der Waals surface area contributed by atoms with Crippen LogP contribution in [0.2, 0.25) is 0 Å². The van der Waals surface area contributed by atoms with Gasteiger partial charge in [-0.25, -0.2) is 0 Å². The molecule has 0 aliphatic rings. The highest BCUT2D eigenvalue weighted by Crippen LogP contribution is 2.36. The Kier molecular flexibility index (Phi) is 4.19. The Morgan fingerprint density at radius 3 is 2.40 bits per heavy atom. The number of nitrogens with zero attached hydrogens (tertiary/aromatic N) is 3. The first kappa shape index (κ1) is 16.6. The van der Waals surface area contributed by atoms with E-state index in [1.807, 2.05) is 6.07 Å². The number of nitrogens with two attached hydrogens (primary N) is 1. The van der Waals surface area contributed by atoms with Gasteiger partial charge in [0.05, 0.1) is 23.0 Å². The third kappa shape index (κ3) is 3.33. The zero-order valence-electron chi connectivity index (χ0n) is 12.8. The predicted molar refractivity (Wildman–Crippen MR) is 93.5 cm³/mol. The van der Waals surface area contributed by atoms with E-state index in [-0.39, 0.29) is 16.3 Å². The second kappa shape index (κ2) is 6.32. The summed E-state index contributed by atoms with van der Waals surface area (Å²) < 4.78 is 32.8. The third-order valence-corrected chi connectivity index (χ3v) is 4.45. The molecule has 0 atom stereocenters. The van der Waals surface area contributed by atoms with Crippen molar-refractivity contribution in [3.63, 3.8) is 0 Å². The van der Waals surface area contributed by atoms with Gasteiger partial charge in [-0.05, 0) is 24.3 Å². The lowest BCUT2D eigenvalue weighted by molar-refractivity contribution is 0.484. The van der Waals surface area contributed by atoms with Crippen molar-refractivity contribution in [2.45, 2.75) is 4.90 Å². The number of nitriles is 1. The van der Waals surface area contributed by atoms with Crippen LogP contribution in [0, 0.1) is 11.3 Å². The van der Waals surface area contributed by atoms with Crippen molar-refractivity contribution in [3.05, 3.63) is 60.2 Å². The molecule has 3 aromatic carbocycles. The number of hydrogen-bond acceptors (Lipinski definition) is 6. The van der Waals surface area contributed by atoms with Crippen LogP contribution >= 0.6 is 0 Å². The second-order valence-corrected chi connectivity index (χ2v) is 6.58. The molecule has 0 aliphatic heterocycles. The average molecular weight is 352 g/mol. The molecule has 0 aliphatic carbocycles. The molecule has 0 amide bonds. The highest BCUT2D eigenvalue weighted by molar-refractivity contribution is 7.86. The van der Waals surface area contributed by atoms with E-state index in [1.54, 1.807) is 42.5 Å². The van der Waals surface area contributed by atoms with Crippen molar-refractivity contribution in [3.8, 4) is 6.07 Å². The maximum atomic E-state index is 11.7. The minimum Gasteiger partial charge on any atom is -0.396 e. The van der Waals surface area contributed by atoms with Gasteiger partial charge in [-0.2, -0.15) is 18.8 Å². The molecule has 3 N–H and O–H groups in total. The predicted octanol–water partition coefficient (Wildman–Crippen LogP) is 3.96. The Labute approximate surface area is 143 Å². The zero-order valence-corrected chi connectivity index (χ0v) is 13.6. The summed E-state index contributed by atoms with van der Waals surface area (Å²) in [6, 6.07) is 16.1. The summed E-state index contributed by atoms with van der Waals surface area (Å²) in [5.41, 5.74) is 7.25. The topological polar surface area (TPSA) is 129 Å². The van der Waals surface area contributed by atoms with Crippen LogP contribution in [0.1, 0.15) is 5.56 Å². The Morgan fingerprint density at radius 1 is 1.00 bits per heavy atom. The number of hydrogen-bond donors (Lipinski definition) is 2. The van der Waals surface area contributed by atoms with Crippen molar-refractivity contribution in [2.75, 3.05) is 5.73 Å². The Balaban J connectivity index is 2.18. The molecule has 0 fully saturated rings. The molecule has 0 spiro atoms. The molecule has 3 rings (SSSR count). The minimum atomic E-state index is -4.46. The summed E-state index contributed by atoms with van der Waals surface area (Å²) in [7, 11) is -4.46. The van der Waals surface area contributed by atoms with Crippen molar-refractivity contribution >= 4 is 38.0 Å². The number of rotatable bonds is 3. The first-order chi connectivity index (χ1) is 11.9. The molecule has 124 valence electrons. The first-order valence-electron chi connectivity index (χ1n) is 7.11. The Morgan fingerprint density at radius 2 is 1.72 bits per heavy atom. The molecule has 0 bridgehead atoms. The molecule has 0 saturated carbocycles. The van der Waals surface area contributed by atoms with Gasteiger partial charge in [-0.3, -0.25) is 4.55 Å². The molecule has 3 aromatic rings. The van der Waals surface area contributed by atoms with Crippen LogP contribution < -0.4 is 5.73 Å². The molecule has 7 nitrogen and oxygen atoms in total. The molecular formula is C17H12N4O3S. The van der Waals surface area contributed by atoms with E-state index in [0.29, 0.717) is 22.0 Å². The van der Waals surface area contributed by atoms with E-state index in [1.165, 1.54) is 12.1 Å². The summed E-state index contributed by atoms with van der Waals surface area (Å²) in [6.07, 6.45) is 0. The maximum Gasteiger partial charge on any atom is 0.295 e. The van der Waals surface area contributed by atoms with Gasteiger partial charge >= 0.3 is 0 Å². The largest absolute Gasteiger partial charge is 0.396 e. The summed E-state index contributed by atoms with van der Waals surface area (Å²) >= 11 is 0. The Hall–Kier alpha value is -3.28. The molecule has 0 saturated heterocycles. The summed E-state index contributed by atoms with van der Waals surface area (Å²) in [4.78, 5) is -0.294. The zero-order chi connectivity index (χ0) is 18.0. The average Bonchev–Trinajstić information content (AvgIpc) is 2.60. The third-order valence-electron chi connectivity index (χ3n) is 3.55. The number of azo groups is 1. The maximum absolute atomic E-state index is 11.7. The normalized spacial score (nSPS) is 11.7. The second-order valence-electron chi connectivity index (χ2n) is 5.19. The quantitative estimate of drug-likeness (QED) is 0.419. The van der Waals surface area contributed by atoms with Crippen molar-refractivity contribution in [2.24, 2.45) is 10.2 Å². The van der Waals surface area contributed by atoms with Crippen LogP contribution in [0.3, 0.4) is 0 Å². The smallest absolute Gasteiger partial charge is 0.295 e. The van der Waals surface area contributed by atoms with Crippen LogP contribution in [-0.2, 0) is 10.1 Å². The van der Waals surface area contributed by atoms with Crippen molar-refractivity contribution < 1.29 is 13.0 Å².